The van der Waals surface area contributed by atoms with Gasteiger partial charge < -0.3 is 15.2 Å². The third kappa shape index (κ3) is 9.12. The molecule has 0 saturated heterocycles. The summed E-state index contributed by atoms with van der Waals surface area (Å²) >= 11 is 0. The van der Waals surface area contributed by atoms with Gasteiger partial charge in [-0.3, -0.25) is 0 Å². The zero-order valence-corrected chi connectivity index (χ0v) is 17.6. The molecule has 7 heteroatoms. The maximum absolute atomic E-state index is 4.59. The number of hydrogen-bond donors (Lipinski definition) is 2. The molecule has 6 nitrogen and oxygen atoms in total. The number of aryl methyl sites for hydroxylation is 1. The van der Waals surface area contributed by atoms with Crippen molar-refractivity contribution >= 4 is 29.9 Å². The monoisotopic (exact) mass is 436 g/mol. The van der Waals surface area contributed by atoms with Gasteiger partial charge in [-0.05, 0) is 18.8 Å². The highest BCUT2D eigenvalue weighted by molar-refractivity contribution is 14.0. The van der Waals surface area contributed by atoms with Crippen molar-refractivity contribution in [3.05, 3.63) is 12.2 Å². The van der Waals surface area contributed by atoms with Crippen LogP contribution < -0.4 is 10.6 Å². The van der Waals surface area contributed by atoms with Gasteiger partial charge in [-0.15, -0.1) is 34.2 Å². The third-order valence-corrected chi connectivity index (χ3v) is 3.72. The first-order chi connectivity index (χ1) is 10.5. The van der Waals surface area contributed by atoms with Crippen LogP contribution >= 0.6 is 24.0 Å². The van der Waals surface area contributed by atoms with Gasteiger partial charge in [0.05, 0.1) is 0 Å². The minimum atomic E-state index is 0. The Hall–Kier alpha value is -0.860. The van der Waals surface area contributed by atoms with E-state index in [9.17, 15) is 0 Å². The average molecular weight is 436 g/mol. The van der Waals surface area contributed by atoms with E-state index >= 15 is 0 Å². The molecule has 1 heterocycles. The van der Waals surface area contributed by atoms with Crippen LogP contribution in [0, 0.1) is 5.41 Å². The van der Waals surface area contributed by atoms with Gasteiger partial charge in [-0.25, -0.2) is 4.99 Å². The van der Waals surface area contributed by atoms with Crippen LogP contribution in [0.4, 0.5) is 0 Å². The molecule has 0 radical (unpaired) electrons. The number of nitrogens with zero attached hydrogens (tertiary/aromatic N) is 4. The fraction of sp³-hybridized carbons (Fsp3) is 0.812. The van der Waals surface area contributed by atoms with Crippen LogP contribution in [0.2, 0.25) is 0 Å². The van der Waals surface area contributed by atoms with Crippen LogP contribution in [0.5, 0.6) is 0 Å². The lowest BCUT2D eigenvalue weighted by atomic mass is 9.87. The number of guanidine groups is 1. The Balaban J connectivity index is 0.00000484. The van der Waals surface area contributed by atoms with E-state index < -0.39 is 0 Å². The Morgan fingerprint density at radius 1 is 1.26 bits per heavy atom. The highest BCUT2D eigenvalue weighted by atomic mass is 127. The van der Waals surface area contributed by atoms with Gasteiger partial charge in [0.2, 0.25) is 0 Å². The predicted octanol–water partition coefficient (Wildman–Crippen LogP) is 3.09. The molecule has 1 aromatic rings. The molecule has 0 aliphatic heterocycles. The molecule has 0 aliphatic rings. The second-order valence-electron chi connectivity index (χ2n) is 6.53. The number of aliphatic imine (C=N–C) groups is 1. The highest BCUT2D eigenvalue weighted by Crippen LogP contribution is 2.22. The van der Waals surface area contributed by atoms with Crippen molar-refractivity contribution in [1.82, 2.24) is 25.4 Å². The Morgan fingerprint density at radius 3 is 2.57 bits per heavy atom. The van der Waals surface area contributed by atoms with Crippen LogP contribution in [0.25, 0.3) is 0 Å². The molecule has 0 amide bonds. The van der Waals surface area contributed by atoms with E-state index in [1.54, 1.807) is 6.33 Å². The lowest BCUT2D eigenvalue weighted by molar-refractivity contribution is 0.318. The quantitative estimate of drug-likeness (QED) is 0.270. The molecule has 0 aromatic carbocycles. The SMILES string of the molecule is CCCCCC(C)(C)CNC(=NCc1nncn1C)NCC.I. The summed E-state index contributed by atoms with van der Waals surface area (Å²) in [5.41, 5.74) is 0.274. The molecule has 0 spiro atoms. The summed E-state index contributed by atoms with van der Waals surface area (Å²) in [6.45, 7) is 11.2. The first kappa shape index (κ1) is 22.1. The number of unbranched alkanes of at least 4 members (excludes halogenated alkanes) is 2. The normalized spacial score (nSPS) is 12.0. The van der Waals surface area contributed by atoms with Gasteiger partial charge in [-0.1, -0.05) is 40.0 Å². The molecule has 0 fully saturated rings. The Labute approximate surface area is 158 Å². The smallest absolute Gasteiger partial charge is 0.191 e. The van der Waals surface area contributed by atoms with E-state index in [1.165, 1.54) is 25.7 Å². The molecule has 2 N–H and O–H groups in total. The maximum atomic E-state index is 4.59. The summed E-state index contributed by atoms with van der Waals surface area (Å²) < 4.78 is 1.89. The second kappa shape index (κ2) is 11.6. The maximum Gasteiger partial charge on any atom is 0.191 e. The summed E-state index contributed by atoms with van der Waals surface area (Å²) in [4.78, 5) is 4.59. The Morgan fingerprint density at radius 2 is 2.00 bits per heavy atom. The molecular formula is C16H33IN6. The lowest BCUT2D eigenvalue weighted by Crippen LogP contribution is -2.42. The molecule has 0 aliphatic carbocycles. The molecule has 1 rings (SSSR count). The molecule has 0 bridgehead atoms. The van der Waals surface area contributed by atoms with Crippen molar-refractivity contribution in [2.45, 2.75) is 59.9 Å². The van der Waals surface area contributed by atoms with Gasteiger partial charge >= 0.3 is 0 Å². The average Bonchev–Trinajstić information content (AvgIpc) is 2.87. The van der Waals surface area contributed by atoms with Crippen molar-refractivity contribution < 1.29 is 0 Å². The summed E-state index contributed by atoms with van der Waals surface area (Å²) in [7, 11) is 1.93. The van der Waals surface area contributed by atoms with Gasteiger partial charge in [0.1, 0.15) is 12.9 Å². The minimum absolute atomic E-state index is 0. The van der Waals surface area contributed by atoms with Crippen molar-refractivity contribution in [2.75, 3.05) is 13.1 Å². The van der Waals surface area contributed by atoms with Gasteiger partial charge in [0.15, 0.2) is 11.8 Å². The third-order valence-electron chi connectivity index (χ3n) is 3.72. The zero-order chi connectivity index (χ0) is 16.4. The van der Waals surface area contributed by atoms with Crippen LogP contribution in [-0.4, -0.2) is 33.8 Å². The van der Waals surface area contributed by atoms with Crippen molar-refractivity contribution in [3.63, 3.8) is 0 Å². The lowest BCUT2D eigenvalue weighted by Gasteiger charge is -2.26. The first-order valence-corrected chi connectivity index (χ1v) is 8.33. The van der Waals surface area contributed by atoms with Crippen LogP contribution in [-0.2, 0) is 13.6 Å². The van der Waals surface area contributed by atoms with Gasteiger partial charge in [0, 0.05) is 20.1 Å². The van der Waals surface area contributed by atoms with Crippen LogP contribution in [0.1, 0.15) is 59.2 Å². The van der Waals surface area contributed by atoms with Crippen LogP contribution in [0.15, 0.2) is 11.3 Å². The van der Waals surface area contributed by atoms with E-state index in [0.29, 0.717) is 6.54 Å². The number of aromatic nitrogens is 3. The number of nitrogens with one attached hydrogen (secondary N) is 2. The molecule has 0 atom stereocenters. The fourth-order valence-electron chi connectivity index (χ4n) is 2.21. The molecule has 0 saturated carbocycles. The molecule has 134 valence electrons. The van der Waals surface area contributed by atoms with Gasteiger partial charge in [0.25, 0.3) is 0 Å². The Bertz CT molecular complexity index is 455. The summed E-state index contributed by atoms with van der Waals surface area (Å²) in [5, 5.41) is 14.7. The van der Waals surface area contributed by atoms with E-state index in [0.717, 1.165) is 24.9 Å². The Kier molecular flexibility index (Phi) is 11.2. The summed E-state index contributed by atoms with van der Waals surface area (Å²) in [6.07, 6.45) is 6.80. The largest absolute Gasteiger partial charge is 0.357 e. The van der Waals surface area contributed by atoms with Crippen molar-refractivity contribution in [2.24, 2.45) is 17.5 Å². The number of halogens is 1. The topological polar surface area (TPSA) is 67.1 Å². The van der Waals surface area contributed by atoms with Crippen LogP contribution in [0.3, 0.4) is 0 Å². The zero-order valence-electron chi connectivity index (χ0n) is 15.2. The minimum Gasteiger partial charge on any atom is -0.357 e. The molecule has 0 unspecified atom stereocenters. The molecule has 23 heavy (non-hydrogen) atoms. The highest BCUT2D eigenvalue weighted by Gasteiger charge is 2.17. The van der Waals surface area contributed by atoms with E-state index in [-0.39, 0.29) is 29.4 Å². The molecule has 1 aromatic heterocycles. The van der Waals surface area contributed by atoms with E-state index in [4.69, 9.17) is 0 Å². The first-order valence-electron chi connectivity index (χ1n) is 8.33. The van der Waals surface area contributed by atoms with Crippen molar-refractivity contribution in [3.8, 4) is 0 Å². The van der Waals surface area contributed by atoms with E-state index in [1.807, 2.05) is 11.6 Å². The van der Waals surface area contributed by atoms with E-state index in [2.05, 4.69) is 53.5 Å². The number of hydrogen-bond acceptors (Lipinski definition) is 3. The fourth-order valence-corrected chi connectivity index (χ4v) is 2.21. The number of rotatable bonds is 9. The van der Waals surface area contributed by atoms with Crippen molar-refractivity contribution in [1.29, 1.82) is 0 Å². The summed E-state index contributed by atoms with van der Waals surface area (Å²) in [6, 6.07) is 0. The predicted molar refractivity (Wildman–Crippen MR) is 107 cm³/mol. The standard InChI is InChI=1S/C16H32N6.HI/c1-6-8-9-10-16(3,4)12-19-15(17-7-2)18-11-14-21-20-13-22(14)5;/h13H,6-12H2,1-5H3,(H2,17,18,19);1H. The van der Waals surface area contributed by atoms with Gasteiger partial charge in [-0.2, -0.15) is 0 Å². The summed E-state index contributed by atoms with van der Waals surface area (Å²) in [5.74, 6) is 1.70. The second-order valence-corrected chi connectivity index (χ2v) is 6.53. The molecular weight excluding hydrogens is 403 g/mol.